The van der Waals surface area contributed by atoms with Crippen LogP contribution < -0.4 is 10.6 Å². The fraction of sp³-hybridized carbons (Fsp3) is 0. The Morgan fingerprint density at radius 1 is 1.04 bits per heavy atom. The van der Waals surface area contributed by atoms with Gasteiger partial charge in [0.15, 0.2) is 0 Å². The molecule has 0 fully saturated rings. The van der Waals surface area contributed by atoms with E-state index in [2.05, 4.69) is 15.6 Å². The minimum Gasteiger partial charge on any atom is -0.340 e. The van der Waals surface area contributed by atoms with Crippen LogP contribution in [0.3, 0.4) is 0 Å². The van der Waals surface area contributed by atoms with E-state index >= 15 is 0 Å². The van der Waals surface area contributed by atoms with Crippen molar-refractivity contribution in [1.29, 1.82) is 0 Å². The maximum absolute atomic E-state index is 12.0. The van der Waals surface area contributed by atoms with Gasteiger partial charge >= 0.3 is 0 Å². The predicted molar refractivity (Wildman–Crippen MR) is 96.3 cm³/mol. The molecule has 0 aliphatic rings. The summed E-state index contributed by atoms with van der Waals surface area (Å²) >= 11 is 13.3. The molecule has 2 aromatic heterocycles. The summed E-state index contributed by atoms with van der Waals surface area (Å²) in [5.41, 5.74) is 1.36. The number of nitrogens with one attached hydrogen (secondary N) is 2. The van der Waals surface area contributed by atoms with E-state index < -0.39 is 0 Å². The molecule has 0 aliphatic carbocycles. The lowest BCUT2D eigenvalue weighted by Crippen LogP contribution is -2.10. The van der Waals surface area contributed by atoms with Crippen molar-refractivity contribution in [1.82, 2.24) is 4.98 Å². The zero-order valence-corrected chi connectivity index (χ0v) is 14.0. The molecule has 0 bridgehead atoms. The summed E-state index contributed by atoms with van der Waals surface area (Å²) in [7, 11) is 0. The van der Waals surface area contributed by atoms with E-state index in [1.807, 2.05) is 11.4 Å². The molecule has 2 N–H and O–H groups in total. The molecule has 0 saturated carbocycles. The Morgan fingerprint density at radius 2 is 1.83 bits per heavy atom. The summed E-state index contributed by atoms with van der Waals surface area (Å²) < 4.78 is 0. The highest BCUT2D eigenvalue weighted by atomic mass is 35.5. The molecule has 1 aromatic carbocycles. The van der Waals surface area contributed by atoms with Crippen LogP contribution in [-0.4, -0.2) is 10.9 Å². The zero-order valence-electron chi connectivity index (χ0n) is 11.7. The van der Waals surface area contributed by atoms with Crippen molar-refractivity contribution in [3.05, 3.63) is 69.0 Å². The van der Waals surface area contributed by atoms with E-state index in [-0.39, 0.29) is 5.91 Å². The number of thiophene rings is 1. The van der Waals surface area contributed by atoms with Crippen LogP contribution in [0.15, 0.2) is 54.0 Å². The van der Waals surface area contributed by atoms with Gasteiger partial charge in [0, 0.05) is 15.7 Å². The summed E-state index contributed by atoms with van der Waals surface area (Å²) in [6, 6.07) is 12.3. The average molecular weight is 364 g/mol. The minimum atomic E-state index is -0.149. The Bertz CT molecular complexity index is 800. The van der Waals surface area contributed by atoms with Crippen LogP contribution in [0.2, 0.25) is 10.0 Å². The Hall–Kier alpha value is -2.08. The second-order valence-corrected chi connectivity index (χ2v) is 6.47. The van der Waals surface area contributed by atoms with Gasteiger partial charge in [0.25, 0.3) is 5.91 Å². The minimum absolute atomic E-state index is 0.149. The maximum atomic E-state index is 12.0. The highest BCUT2D eigenvalue weighted by Crippen LogP contribution is 2.25. The lowest BCUT2D eigenvalue weighted by Gasteiger charge is -2.08. The molecule has 7 heteroatoms. The zero-order chi connectivity index (χ0) is 16.2. The number of benzene rings is 1. The van der Waals surface area contributed by atoms with Gasteiger partial charge in [-0.1, -0.05) is 29.3 Å². The Balaban J connectivity index is 1.68. The van der Waals surface area contributed by atoms with E-state index in [4.69, 9.17) is 23.2 Å². The van der Waals surface area contributed by atoms with Gasteiger partial charge in [0.05, 0.1) is 16.8 Å². The summed E-state index contributed by atoms with van der Waals surface area (Å²) in [4.78, 5) is 16.9. The molecule has 2 heterocycles. The largest absolute Gasteiger partial charge is 0.340 e. The average Bonchev–Trinajstić information content (AvgIpc) is 3.02. The quantitative estimate of drug-likeness (QED) is 0.648. The normalized spacial score (nSPS) is 10.3. The van der Waals surface area contributed by atoms with Crippen molar-refractivity contribution in [3.63, 3.8) is 0 Å². The molecule has 0 radical (unpaired) electrons. The number of carbonyl (C=O) groups excluding carboxylic acids is 1. The summed E-state index contributed by atoms with van der Waals surface area (Å²) in [5.74, 6) is 0.474. The van der Waals surface area contributed by atoms with E-state index in [1.165, 1.54) is 11.3 Å². The number of pyridine rings is 1. The van der Waals surface area contributed by atoms with Crippen LogP contribution in [-0.2, 0) is 0 Å². The number of amides is 1. The second-order valence-electron chi connectivity index (χ2n) is 4.65. The van der Waals surface area contributed by atoms with Gasteiger partial charge in [-0.05, 0) is 41.8 Å². The van der Waals surface area contributed by atoms with Gasteiger partial charge in [-0.3, -0.25) is 4.79 Å². The van der Waals surface area contributed by atoms with Crippen molar-refractivity contribution >= 4 is 57.6 Å². The predicted octanol–water partition coefficient (Wildman–Crippen LogP) is 5.45. The molecule has 0 saturated heterocycles. The van der Waals surface area contributed by atoms with Gasteiger partial charge in [-0.25, -0.2) is 4.98 Å². The molecule has 23 heavy (non-hydrogen) atoms. The number of nitrogens with zero attached hydrogens (tertiary/aromatic N) is 1. The lowest BCUT2D eigenvalue weighted by atomic mass is 10.3. The number of hydrogen-bond acceptors (Lipinski definition) is 4. The van der Waals surface area contributed by atoms with Crippen molar-refractivity contribution in [2.45, 2.75) is 0 Å². The molecule has 3 aromatic rings. The highest BCUT2D eigenvalue weighted by Gasteiger charge is 2.07. The van der Waals surface area contributed by atoms with Gasteiger partial charge in [-0.15, -0.1) is 11.3 Å². The molecule has 0 aliphatic heterocycles. The third-order valence-electron chi connectivity index (χ3n) is 2.90. The highest BCUT2D eigenvalue weighted by molar-refractivity contribution is 7.12. The first-order valence-corrected chi connectivity index (χ1v) is 8.28. The molecule has 3 rings (SSSR count). The van der Waals surface area contributed by atoms with E-state index in [1.54, 1.807) is 42.6 Å². The number of carbonyl (C=O) groups is 1. The van der Waals surface area contributed by atoms with E-state index in [0.717, 1.165) is 5.69 Å². The second kappa shape index (κ2) is 7.00. The van der Waals surface area contributed by atoms with Crippen LogP contribution in [0.5, 0.6) is 0 Å². The Kier molecular flexibility index (Phi) is 4.81. The van der Waals surface area contributed by atoms with Gasteiger partial charge < -0.3 is 10.6 Å². The van der Waals surface area contributed by atoms with Gasteiger partial charge in [0.2, 0.25) is 0 Å². The molecule has 4 nitrogen and oxygen atoms in total. The van der Waals surface area contributed by atoms with Gasteiger partial charge in [-0.2, -0.15) is 0 Å². The number of aromatic nitrogens is 1. The Morgan fingerprint density at radius 3 is 2.43 bits per heavy atom. The first kappa shape index (κ1) is 15.8. The standard InChI is InChI=1S/C16H11Cl2N3OS/c17-10-6-11(18)8-13(7-10)20-15-4-3-12(9-19-15)21-16(22)14-2-1-5-23-14/h1-9H,(H,19,20)(H,21,22). The van der Waals surface area contributed by atoms with Crippen molar-refractivity contribution < 1.29 is 4.79 Å². The SMILES string of the molecule is O=C(Nc1ccc(Nc2cc(Cl)cc(Cl)c2)nc1)c1cccs1. The number of rotatable bonds is 4. The lowest BCUT2D eigenvalue weighted by molar-refractivity contribution is 0.103. The monoisotopic (exact) mass is 363 g/mol. The Labute approximate surface area is 147 Å². The van der Waals surface area contributed by atoms with Crippen LogP contribution in [0, 0.1) is 0 Å². The fourth-order valence-electron chi connectivity index (χ4n) is 1.92. The first-order chi connectivity index (χ1) is 11.1. The summed E-state index contributed by atoms with van der Waals surface area (Å²) in [6.45, 7) is 0. The van der Waals surface area contributed by atoms with Crippen molar-refractivity contribution in [2.24, 2.45) is 0 Å². The fourth-order valence-corrected chi connectivity index (χ4v) is 3.06. The van der Waals surface area contributed by atoms with Crippen molar-refractivity contribution in [3.8, 4) is 0 Å². The van der Waals surface area contributed by atoms with Gasteiger partial charge in [0.1, 0.15) is 5.82 Å². The third-order valence-corrected chi connectivity index (χ3v) is 4.21. The topological polar surface area (TPSA) is 54.0 Å². The summed E-state index contributed by atoms with van der Waals surface area (Å²) in [6.07, 6.45) is 1.58. The molecular formula is C16H11Cl2N3OS. The smallest absolute Gasteiger partial charge is 0.265 e. The van der Waals surface area contributed by atoms with E-state index in [9.17, 15) is 4.79 Å². The third kappa shape index (κ3) is 4.22. The number of halogens is 2. The first-order valence-electron chi connectivity index (χ1n) is 6.64. The van der Waals surface area contributed by atoms with Crippen LogP contribution in [0.4, 0.5) is 17.2 Å². The summed E-state index contributed by atoms with van der Waals surface area (Å²) in [5, 5.41) is 8.84. The molecule has 0 atom stereocenters. The van der Waals surface area contributed by atoms with E-state index in [0.29, 0.717) is 26.4 Å². The van der Waals surface area contributed by atoms with Crippen LogP contribution in [0.25, 0.3) is 0 Å². The van der Waals surface area contributed by atoms with Crippen LogP contribution >= 0.6 is 34.5 Å². The molecule has 0 unspecified atom stereocenters. The number of anilines is 3. The number of hydrogen-bond donors (Lipinski definition) is 2. The maximum Gasteiger partial charge on any atom is 0.265 e. The van der Waals surface area contributed by atoms with Crippen LogP contribution in [0.1, 0.15) is 9.67 Å². The molecular weight excluding hydrogens is 353 g/mol. The molecule has 116 valence electrons. The molecule has 0 spiro atoms. The molecule has 1 amide bonds. The van der Waals surface area contributed by atoms with Crippen molar-refractivity contribution in [2.75, 3.05) is 10.6 Å².